The normalized spacial score (nSPS) is 14.2. The van der Waals surface area contributed by atoms with Gasteiger partial charge in [-0.2, -0.15) is 0 Å². The predicted octanol–water partition coefficient (Wildman–Crippen LogP) is 2.33. The summed E-state index contributed by atoms with van der Waals surface area (Å²) in [6.45, 7) is 2.84. The van der Waals surface area contributed by atoms with E-state index in [0.717, 1.165) is 56.3 Å². The highest BCUT2D eigenvalue weighted by Crippen LogP contribution is 2.14. The lowest BCUT2D eigenvalue weighted by molar-refractivity contribution is -0.128. The third kappa shape index (κ3) is 6.32. The maximum absolute atomic E-state index is 11.8. The standard InChI is InChI=1S/C19H29N3O2/c20-12-4-2-1-3-6-18(23)21-14-16-8-10-17(11-9-16)15-22-13-5-7-19(22)24/h8-11H,1-7,12-15,20H2,(H,21,23). The summed E-state index contributed by atoms with van der Waals surface area (Å²) in [5, 5.41) is 2.96. The molecule has 0 aromatic heterocycles. The molecule has 1 aliphatic heterocycles. The average molecular weight is 331 g/mol. The summed E-state index contributed by atoms with van der Waals surface area (Å²) in [6, 6.07) is 8.13. The third-order valence-electron chi connectivity index (χ3n) is 4.42. The molecule has 24 heavy (non-hydrogen) atoms. The lowest BCUT2D eigenvalue weighted by Gasteiger charge is -2.15. The van der Waals surface area contributed by atoms with Crippen molar-refractivity contribution in [3.05, 3.63) is 35.4 Å². The van der Waals surface area contributed by atoms with Gasteiger partial charge in [-0.1, -0.05) is 37.1 Å². The smallest absolute Gasteiger partial charge is 0.222 e. The van der Waals surface area contributed by atoms with Crippen molar-refractivity contribution >= 4 is 11.8 Å². The molecule has 0 aliphatic carbocycles. The molecule has 2 rings (SSSR count). The van der Waals surface area contributed by atoms with Crippen LogP contribution >= 0.6 is 0 Å². The number of benzene rings is 1. The Morgan fingerprint density at radius 2 is 1.79 bits per heavy atom. The summed E-state index contributed by atoms with van der Waals surface area (Å²) < 4.78 is 0. The van der Waals surface area contributed by atoms with Gasteiger partial charge >= 0.3 is 0 Å². The Balaban J connectivity index is 1.66. The van der Waals surface area contributed by atoms with Gasteiger partial charge in [0.25, 0.3) is 0 Å². The Hall–Kier alpha value is -1.88. The third-order valence-corrected chi connectivity index (χ3v) is 4.42. The Kier molecular flexibility index (Phi) is 7.75. The van der Waals surface area contributed by atoms with Gasteiger partial charge < -0.3 is 16.0 Å². The van der Waals surface area contributed by atoms with Gasteiger partial charge in [-0.15, -0.1) is 0 Å². The first-order valence-corrected chi connectivity index (χ1v) is 9.01. The van der Waals surface area contributed by atoms with Crippen molar-refractivity contribution in [1.29, 1.82) is 0 Å². The monoisotopic (exact) mass is 331 g/mol. The molecular formula is C19H29N3O2. The zero-order valence-corrected chi connectivity index (χ0v) is 14.4. The Morgan fingerprint density at radius 3 is 2.46 bits per heavy atom. The summed E-state index contributed by atoms with van der Waals surface area (Å²) in [5.41, 5.74) is 7.67. The lowest BCUT2D eigenvalue weighted by atomic mass is 10.1. The Morgan fingerprint density at radius 1 is 1.08 bits per heavy atom. The molecule has 0 atom stereocenters. The van der Waals surface area contributed by atoms with Crippen LogP contribution in [0.3, 0.4) is 0 Å². The summed E-state index contributed by atoms with van der Waals surface area (Å²) in [6.07, 6.45) is 6.36. The van der Waals surface area contributed by atoms with E-state index in [2.05, 4.69) is 5.32 Å². The second kappa shape index (κ2) is 10.1. The van der Waals surface area contributed by atoms with E-state index in [9.17, 15) is 9.59 Å². The van der Waals surface area contributed by atoms with Crippen LogP contribution in [0.25, 0.3) is 0 Å². The van der Waals surface area contributed by atoms with Crippen molar-refractivity contribution in [2.24, 2.45) is 5.73 Å². The number of likely N-dealkylation sites (tertiary alicyclic amines) is 1. The second-order valence-corrected chi connectivity index (χ2v) is 6.46. The van der Waals surface area contributed by atoms with Gasteiger partial charge in [-0.25, -0.2) is 0 Å². The summed E-state index contributed by atoms with van der Waals surface area (Å²) in [4.78, 5) is 25.3. The van der Waals surface area contributed by atoms with Crippen LogP contribution in [0, 0.1) is 0 Å². The number of unbranched alkanes of at least 4 members (excludes halogenated alkanes) is 3. The number of amides is 2. The van der Waals surface area contributed by atoms with Gasteiger partial charge in [0.15, 0.2) is 0 Å². The number of carbonyl (C=O) groups is 2. The topological polar surface area (TPSA) is 75.4 Å². The molecule has 0 bridgehead atoms. The molecule has 1 fully saturated rings. The molecule has 0 radical (unpaired) electrons. The summed E-state index contributed by atoms with van der Waals surface area (Å²) >= 11 is 0. The average Bonchev–Trinajstić information content (AvgIpc) is 2.99. The molecule has 5 heteroatoms. The molecule has 0 unspecified atom stereocenters. The number of hydrogen-bond donors (Lipinski definition) is 2. The summed E-state index contributed by atoms with van der Waals surface area (Å²) in [7, 11) is 0. The van der Waals surface area contributed by atoms with Gasteiger partial charge in [-0.05, 0) is 36.9 Å². The highest BCUT2D eigenvalue weighted by Gasteiger charge is 2.19. The molecule has 1 heterocycles. The van der Waals surface area contributed by atoms with E-state index in [1.54, 1.807) is 0 Å². The van der Waals surface area contributed by atoms with Gasteiger partial charge in [0, 0.05) is 32.5 Å². The maximum Gasteiger partial charge on any atom is 0.222 e. The SMILES string of the molecule is NCCCCCCC(=O)NCc1ccc(CN2CCCC2=O)cc1. The molecule has 3 N–H and O–H groups in total. The van der Waals surface area contributed by atoms with E-state index in [0.29, 0.717) is 25.9 Å². The van der Waals surface area contributed by atoms with E-state index in [-0.39, 0.29) is 11.8 Å². The van der Waals surface area contributed by atoms with Crippen molar-refractivity contribution in [1.82, 2.24) is 10.2 Å². The first-order chi connectivity index (χ1) is 11.7. The number of hydrogen-bond acceptors (Lipinski definition) is 3. The first-order valence-electron chi connectivity index (χ1n) is 9.01. The number of nitrogens with one attached hydrogen (secondary N) is 1. The molecule has 0 spiro atoms. The first kappa shape index (κ1) is 18.5. The largest absolute Gasteiger partial charge is 0.352 e. The molecule has 1 aromatic rings. The Bertz CT molecular complexity index is 528. The fourth-order valence-corrected chi connectivity index (χ4v) is 2.93. The molecule has 1 aliphatic rings. The van der Waals surface area contributed by atoms with Gasteiger partial charge in [0.1, 0.15) is 0 Å². The molecule has 1 saturated heterocycles. The maximum atomic E-state index is 11.8. The molecule has 0 saturated carbocycles. The molecular weight excluding hydrogens is 302 g/mol. The van der Waals surface area contributed by atoms with E-state index < -0.39 is 0 Å². The number of rotatable bonds is 10. The predicted molar refractivity (Wildman–Crippen MR) is 95.1 cm³/mol. The quantitative estimate of drug-likeness (QED) is 0.646. The van der Waals surface area contributed by atoms with Crippen LogP contribution in [0.15, 0.2) is 24.3 Å². The minimum absolute atomic E-state index is 0.106. The minimum atomic E-state index is 0.106. The van der Waals surface area contributed by atoms with Crippen molar-refractivity contribution in [3.63, 3.8) is 0 Å². The van der Waals surface area contributed by atoms with Crippen LogP contribution < -0.4 is 11.1 Å². The van der Waals surface area contributed by atoms with Crippen molar-refractivity contribution < 1.29 is 9.59 Å². The van der Waals surface area contributed by atoms with Gasteiger partial charge in [0.2, 0.25) is 11.8 Å². The summed E-state index contributed by atoms with van der Waals surface area (Å²) in [5.74, 6) is 0.354. The highest BCUT2D eigenvalue weighted by atomic mass is 16.2. The van der Waals surface area contributed by atoms with E-state index in [1.807, 2.05) is 29.2 Å². The number of nitrogens with zero attached hydrogens (tertiary/aromatic N) is 1. The van der Waals surface area contributed by atoms with Crippen LogP contribution in [0.5, 0.6) is 0 Å². The number of nitrogens with two attached hydrogens (primary N) is 1. The van der Waals surface area contributed by atoms with Gasteiger partial charge in [-0.3, -0.25) is 9.59 Å². The van der Waals surface area contributed by atoms with Crippen LogP contribution in [-0.4, -0.2) is 29.8 Å². The zero-order chi connectivity index (χ0) is 17.2. The second-order valence-electron chi connectivity index (χ2n) is 6.46. The van der Waals surface area contributed by atoms with Crippen LogP contribution in [-0.2, 0) is 22.7 Å². The van der Waals surface area contributed by atoms with Gasteiger partial charge in [0.05, 0.1) is 0 Å². The fourth-order valence-electron chi connectivity index (χ4n) is 2.93. The fraction of sp³-hybridized carbons (Fsp3) is 0.579. The van der Waals surface area contributed by atoms with Crippen LogP contribution in [0.2, 0.25) is 0 Å². The van der Waals surface area contributed by atoms with Crippen LogP contribution in [0.1, 0.15) is 56.1 Å². The van der Waals surface area contributed by atoms with E-state index in [1.165, 1.54) is 0 Å². The molecule has 5 nitrogen and oxygen atoms in total. The van der Waals surface area contributed by atoms with Crippen LogP contribution in [0.4, 0.5) is 0 Å². The van der Waals surface area contributed by atoms with E-state index in [4.69, 9.17) is 5.73 Å². The minimum Gasteiger partial charge on any atom is -0.352 e. The lowest BCUT2D eigenvalue weighted by Crippen LogP contribution is -2.24. The number of carbonyl (C=O) groups excluding carboxylic acids is 2. The van der Waals surface area contributed by atoms with Crippen molar-refractivity contribution in [2.45, 2.75) is 58.0 Å². The van der Waals surface area contributed by atoms with E-state index >= 15 is 0 Å². The van der Waals surface area contributed by atoms with Crippen molar-refractivity contribution in [2.75, 3.05) is 13.1 Å². The zero-order valence-electron chi connectivity index (χ0n) is 14.4. The Labute approximate surface area is 144 Å². The highest BCUT2D eigenvalue weighted by molar-refractivity contribution is 5.78. The van der Waals surface area contributed by atoms with Crippen molar-refractivity contribution in [3.8, 4) is 0 Å². The molecule has 1 aromatic carbocycles. The molecule has 132 valence electrons. The molecule has 2 amide bonds.